The van der Waals surface area contributed by atoms with Crippen LogP contribution in [0.5, 0.6) is 0 Å². The van der Waals surface area contributed by atoms with E-state index in [0.29, 0.717) is 35.3 Å². The summed E-state index contributed by atoms with van der Waals surface area (Å²) in [7, 11) is -3.53. The van der Waals surface area contributed by atoms with Crippen LogP contribution in [0.15, 0.2) is 34.5 Å². The highest BCUT2D eigenvalue weighted by atomic mass is 35.5. The topological polar surface area (TPSA) is 92.5 Å². The molecule has 0 bridgehead atoms. The van der Waals surface area contributed by atoms with Gasteiger partial charge in [0.15, 0.2) is 0 Å². The summed E-state index contributed by atoms with van der Waals surface area (Å²) in [4.78, 5) is 12.8. The zero-order valence-electron chi connectivity index (χ0n) is 15.3. The number of benzene rings is 1. The standard InChI is InChI=1S/C18H23N3O3S2.ClH/c1-12-7-9-21(10-8-12)26(23,24)17-6-5-16(25-17)18(22)20-15-11-14(19)4-3-13(15)2;/h3-6,11-12H,7-10,19H2,1-2H3,(H,20,22);1H. The van der Waals surface area contributed by atoms with Gasteiger partial charge in [0, 0.05) is 24.5 Å². The van der Waals surface area contributed by atoms with Crippen molar-refractivity contribution in [1.82, 2.24) is 4.31 Å². The fourth-order valence-corrected chi connectivity index (χ4v) is 5.72. The number of carbonyl (C=O) groups excluding carboxylic acids is 1. The van der Waals surface area contributed by atoms with Gasteiger partial charge in [-0.3, -0.25) is 4.79 Å². The van der Waals surface area contributed by atoms with Crippen molar-refractivity contribution in [3.8, 4) is 0 Å². The number of nitrogens with zero attached hydrogens (tertiary/aromatic N) is 1. The number of hydrogen-bond donors (Lipinski definition) is 2. The number of aryl methyl sites for hydroxylation is 1. The lowest BCUT2D eigenvalue weighted by Gasteiger charge is -2.28. The maximum absolute atomic E-state index is 12.8. The zero-order chi connectivity index (χ0) is 18.9. The summed E-state index contributed by atoms with van der Waals surface area (Å²) in [6.07, 6.45) is 1.74. The Balaban J connectivity index is 0.00000261. The van der Waals surface area contributed by atoms with Gasteiger partial charge in [-0.05, 0) is 55.5 Å². The largest absolute Gasteiger partial charge is 0.399 e. The zero-order valence-corrected chi connectivity index (χ0v) is 17.7. The van der Waals surface area contributed by atoms with Gasteiger partial charge < -0.3 is 11.1 Å². The molecule has 0 aliphatic carbocycles. The molecule has 0 saturated carbocycles. The highest BCUT2D eigenvalue weighted by Crippen LogP contribution is 2.29. The molecule has 1 saturated heterocycles. The number of nitrogen functional groups attached to an aromatic ring is 1. The highest BCUT2D eigenvalue weighted by molar-refractivity contribution is 7.91. The molecule has 3 N–H and O–H groups in total. The summed E-state index contributed by atoms with van der Waals surface area (Å²) in [5, 5.41) is 2.80. The van der Waals surface area contributed by atoms with E-state index in [2.05, 4.69) is 12.2 Å². The number of carbonyl (C=O) groups is 1. The van der Waals surface area contributed by atoms with E-state index < -0.39 is 10.0 Å². The molecule has 0 atom stereocenters. The van der Waals surface area contributed by atoms with Crippen LogP contribution in [0.4, 0.5) is 11.4 Å². The van der Waals surface area contributed by atoms with E-state index in [1.165, 1.54) is 10.4 Å². The number of anilines is 2. The number of thiophene rings is 1. The van der Waals surface area contributed by atoms with Crippen LogP contribution in [0.25, 0.3) is 0 Å². The first-order valence-corrected chi connectivity index (χ1v) is 10.8. The van der Waals surface area contributed by atoms with Crippen molar-refractivity contribution in [2.75, 3.05) is 24.1 Å². The third kappa shape index (κ3) is 4.82. The van der Waals surface area contributed by atoms with E-state index in [0.717, 1.165) is 29.7 Å². The molecular weight excluding hydrogens is 406 g/mol. The van der Waals surface area contributed by atoms with Gasteiger partial charge in [0.1, 0.15) is 4.21 Å². The Labute approximate surface area is 170 Å². The lowest BCUT2D eigenvalue weighted by atomic mass is 10.0. The molecule has 1 aliphatic heterocycles. The predicted molar refractivity (Wildman–Crippen MR) is 112 cm³/mol. The molecule has 1 aliphatic rings. The van der Waals surface area contributed by atoms with Gasteiger partial charge in [-0.1, -0.05) is 13.0 Å². The van der Waals surface area contributed by atoms with Crippen LogP contribution < -0.4 is 11.1 Å². The lowest BCUT2D eigenvalue weighted by molar-refractivity contribution is 0.103. The van der Waals surface area contributed by atoms with E-state index in [-0.39, 0.29) is 22.5 Å². The molecule has 2 heterocycles. The fraction of sp³-hybridized carbons (Fsp3) is 0.389. The number of sulfonamides is 1. The smallest absolute Gasteiger partial charge is 0.265 e. The van der Waals surface area contributed by atoms with Gasteiger partial charge in [0.05, 0.1) is 4.88 Å². The molecule has 0 unspecified atom stereocenters. The van der Waals surface area contributed by atoms with E-state index in [1.54, 1.807) is 18.2 Å². The second-order valence-corrected chi connectivity index (χ2v) is 9.98. The molecule has 3 rings (SSSR count). The average Bonchev–Trinajstić information content (AvgIpc) is 3.09. The van der Waals surface area contributed by atoms with Crippen LogP contribution >= 0.6 is 23.7 Å². The molecule has 1 aromatic carbocycles. The van der Waals surface area contributed by atoms with Gasteiger partial charge in [0.25, 0.3) is 15.9 Å². The van der Waals surface area contributed by atoms with Crippen LogP contribution in [-0.4, -0.2) is 31.7 Å². The minimum atomic E-state index is -3.53. The Morgan fingerprint density at radius 1 is 1.22 bits per heavy atom. The summed E-state index contributed by atoms with van der Waals surface area (Å²) in [6, 6.07) is 8.35. The van der Waals surface area contributed by atoms with Crippen molar-refractivity contribution < 1.29 is 13.2 Å². The Morgan fingerprint density at radius 2 is 1.89 bits per heavy atom. The highest BCUT2D eigenvalue weighted by Gasteiger charge is 2.29. The molecular formula is C18H24ClN3O3S2. The third-order valence-electron chi connectivity index (χ3n) is 4.65. The van der Waals surface area contributed by atoms with Gasteiger partial charge in [0.2, 0.25) is 0 Å². The van der Waals surface area contributed by atoms with Crippen molar-refractivity contribution in [2.24, 2.45) is 5.92 Å². The molecule has 1 amide bonds. The number of nitrogens with one attached hydrogen (secondary N) is 1. The van der Waals surface area contributed by atoms with Crippen molar-refractivity contribution in [1.29, 1.82) is 0 Å². The van der Waals surface area contributed by atoms with Crippen LogP contribution in [0.2, 0.25) is 0 Å². The summed E-state index contributed by atoms with van der Waals surface area (Å²) in [5.74, 6) is 0.213. The normalized spacial score (nSPS) is 15.9. The molecule has 0 radical (unpaired) electrons. The Morgan fingerprint density at radius 3 is 2.56 bits per heavy atom. The van der Waals surface area contributed by atoms with Crippen LogP contribution in [0.3, 0.4) is 0 Å². The first-order chi connectivity index (χ1) is 12.3. The number of rotatable bonds is 4. The van der Waals surface area contributed by atoms with E-state index in [9.17, 15) is 13.2 Å². The third-order valence-corrected chi connectivity index (χ3v) is 8.10. The van der Waals surface area contributed by atoms with Gasteiger partial charge in [-0.2, -0.15) is 4.31 Å². The average molecular weight is 430 g/mol. The number of halogens is 1. The second-order valence-electron chi connectivity index (χ2n) is 6.73. The van der Waals surface area contributed by atoms with Crippen LogP contribution in [0, 0.1) is 12.8 Å². The maximum Gasteiger partial charge on any atom is 0.265 e. The summed E-state index contributed by atoms with van der Waals surface area (Å²) in [5.41, 5.74) is 7.83. The summed E-state index contributed by atoms with van der Waals surface area (Å²) >= 11 is 0.999. The minimum absolute atomic E-state index is 0. The second kappa shape index (κ2) is 8.60. The van der Waals surface area contributed by atoms with Gasteiger partial charge >= 0.3 is 0 Å². The molecule has 1 aromatic heterocycles. The first kappa shape index (κ1) is 21.7. The molecule has 148 valence electrons. The number of nitrogens with two attached hydrogens (primary N) is 1. The number of piperidine rings is 1. The molecule has 9 heteroatoms. The Bertz CT molecular complexity index is 920. The summed E-state index contributed by atoms with van der Waals surface area (Å²) in [6.45, 7) is 5.07. The summed E-state index contributed by atoms with van der Waals surface area (Å²) < 4.78 is 27.3. The molecule has 2 aromatic rings. The van der Waals surface area contributed by atoms with Gasteiger partial charge in [-0.15, -0.1) is 23.7 Å². The molecule has 6 nitrogen and oxygen atoms in total. The Kier molecular flexibility index (Phi) is 6.91. The fourth-order valence-electron chi connectivity index (χ4n) is 2.89. The maximum atomic E-state index is 12.8. The van der Waals surface area contributed by atoms with E-state index >= 15 is 0 Å². The van der Waals surface area contributed by atoms with Crippen LogP contribution in [-0.2, 0) is 10.0 Å². The SMILES string of the molecule is Cc1ccc(N)cc1NC(=O)c1ccc(S(=O)(=O)N2CCC(C)CC2)s1.Cl. The minimum Gasteiger partial charge on any atom is -0.399 e. The number of hydrogen-bond acceptors (Lipinski definition) is 5. The Hall–Kier alpha value is -1.61. The number of amides is 1. The molecule has 1 fully saturated rings. The van der Waals surface area contributed by atoms with Crippen molar-refractivity contribution in [3.05, 3.63) is 40.8 Å². The molecule has 0 spiro atoms. The van der Waals surface area contributed by atoms with Gasteiger partial charge in [-0.25, -0.2) is 8.42 Å². The van der Waals surface area contributed by atoms with Crippen LogP contribution in [0.1, 0.15) is 35.0 Å². The quantitative estimate of drug-likeness (QED) is 0.724. The molecule has 27 heavy (non-hydrogen) atoms. The van der Waals surface area contributed by atoms with E-state index in [1.807, 2.05) is 13.0 Å². The van der Waals surface area contributed by atoms with E-state index in [4.69, 9.17) is 5.73 Å². The van der Waals surface area contributed by atoms with Crippen molar-refractivity contribution in [3.63, 3.8) is 0 Å². The monoisotopic (exact) mass is 429 g/mol. The first-order valence-electron chi connectivity index (χ1n) is 8.55. The lowest BCUT2D eigenvalue weighted by Crippen LogP contribution is -2.37. The van der Waals surface area contributed by atoms with Crippen molar-refractivity contribution in [2.45, 2.75) is 30.9 Å². The predicted octanol–water partition coefficient (Wildman–Crippen LogP) is 3.73. The van der Waals surface area contributed by atoms with Crippen molar-refractivity contribution >= 4 is 51.0 Å².